The molecule has 0 atom stereocenters. The van der Waals surface area contributed by atoms with Gasteiger partial charge in [0, 0.05) is 30.9 Å². The third-order valence-electron chi connectivity index (χ3n) is 4.17. The van der Waals surface area contributed by atoms with E-state index in [1.165, 1.54) is 0 Å². The summed E-state index contributed by atoms with van der Waals surface area (Å²) in [5.41, 5.74) is 6.61. The molecule has 0 aromatic heterocycles. The van der Waals surface area contributed by atoms with E-state index in [0.29, 0.717) is 30.9 Å². The van der Waals surface area contributed by atoms with Crippen molar-refractivity contribution in [3.63, 3.8) is 0 Å². The van der Waals surface area contributed by atoms with E-state index < -0.39 is 0 Å². The van der Waals surface area contributed by atoms with Crippen molar-refractivity contribution in [2.45, 2.75) is 26.7 Å². The molecule has 3 N–H and O–H groups in total. The van der Waals surface area contributed by atoms with Crippen molar-refractivity contribution in [1.29, 1.82) is 0 Å². The van der Waals surface area contributed by atoms with Crippen molar-refractivity contribution in [2.75, 3.05) is 25.0 Å². The van der Waals surface area contributed by atoms with Gasteiger partial charge in [0.1, 0.15) is 0 Å². The molecule has 1 aliphatic rings. The van der Waals surface area contributed by atoms with Crippen LogP contribution in [0.2, 0.25) is 0 Å². The lowest BCUT2D eigenvalue weighted by atomic mass is 10.1. The maximum atomic E-state index is 12.2. The standard InChI is InChI=1S/C16H23N3O2/c1-3-19(4-2)14(20)12-5-7-13(8-6-12)18-15(21)16(11-17)9-10-16/h5-8H,3-4,9-11,17H2,1-2H3,(H,18,21). The first-order chi connectivity index (χ1) is 10.1. The van der Waals surface area contributed by atoms with Crippen molar-refractivity contribution in [1.82, 2.24) is 4.90 Å². The average molecular weight is 289 g/mol. The highest BCUT2D eigenvalue weighted by atomic mass is 16.2. The highest BCUT2D eigenvalue weighted by Crippen LogP contribution is 2.45. The molecule has 5 heteroatoms. The van der Waals surface area contributed by atoms with Crippen LogP contribution in [0.5, 0.6) is 0 Å². The minimum atomic E-state index is -0.365. The second-order valence-corrected chi connectivity index (χ2v) is 5.49. The number of benzene rings is 1. The van der Waals surface area contributed by atoms with Gasteiger partial charge in [-0.05, 0) is 51.0 Å². The van der Waals surface area contributed by atoms with E-state index in [1.807, 2.05) is 13.8 Å². The zero-order chi connectivity index (χ0) is 15.5. The number of nitrogens with two attached hydrogens (primary N) is 1. The third-order valence-corrected chi connectivity index (χ3v) is 4.17. The second kappa shape index (κ2) is 6.26. The van der Waals surface area contributed by atoms with Gasteiger partial charge in [-0.1, -0.05) is 0 Å². The van der Waals surface area contributed by atoms with E-state index in [1.54, 1.807) is 29.2 Å². The van der Waals surface area contributed by atoms with Gasteiger partial charge >= 0.3 is 0 Å². The van der Waals surface area contributed by atoms with Crippen LogP contribution in [0.4, 0.5) is 5.69 Å². The van der Waals surface area contributed by atoms with Gasteiger partial charge in [0.15, 0.2) is 0 Å². The first-order valence-corrected chi connectivity index (χ1v) is 7.47. The number of nitrogens with one attached hydrogen (secondary N) is 1. The minimum absolute atomic E-state index is 0.0125. The molecular weight excluding hydrogens is 266 g/mol. The van der Waals surface area contributed by atoms with E-state index in [0.717, 1.165) is 12.8 Å². The van der Waals surface area contributed by atoms with Crippen LogP contribution in [0.25, 0.3) is 0 Å². The first kappa shape index (κ1) is 15.5. The maximum absolute atomic E-state index is 12.2. The van der Waals surface area contributed by atoms with Crippen LogP contribution in [0.3, 0.4) is 0 Å². The molecule has 2 rings (SSSR count). The summed E-state index contributed by atoms with van der Waals surface area (Å²) >= 11 is 0. The van der Waals surface area contributed by atoms with Gasteiger partial charge in [0.05, 0.1) is 5.41 Å². The van der Waals surface area contributed by atoms with E-state index in [4.69, 9.17) is 5.73 Å². The molecule has 1 aromatic carbocycles. The number of carbonyl (C=O) groups excluding carboxylic acids is 2. The highest BCUT2D eigenvalue weighted by molar-refractivity contribution is 5.98. The van der Waals surface area contributed by atoms with Crippen molar-refractivity contribution in [2.24, 2.45) is 11.1 Å². The summed E-state index contributed by atoms with van der Waals surface area (Å²) in [5.74, 6) is -0.00804. The topological polar surface area (TPSA) is 75.4 Å². The number of hydrogen-bond acceptors (Lipinski definition) is 3. The van der Waals surface area contributed by atoms with Crippen LogP contribution in [0.1, 0.15) is 37.0 Å². The number of amides is 2. The number of rotatable bonds is 6. The summed E-state index contributed by atoms with van der Waals surface area (Å²) in [6, 6.07) is 7.03. The van der Waals surface area contributed by atoms with E-state index in [9.17, 15) is 9.59 Å². The molecule has 0 unspecified atom stereocenters. The molecule has 0 bridgehead atoms. The molecule has 0 radical (unpaired) electrons. The molecule has 114 valence electrons. The van der Waals surface area contributed by atoms with Crippen LogP contribution >= 0.6 is 0 Å². The van der Waals surface area contributed by atoms with E-state index in [-0.39, 0.29) is 17.2 Å². The molecular formula is C16H23N3O2. The Hall–Kier alpha value is -1.88. The fourth-order valence-electron chi connectivity index (χ4n) is 2.33. The second-order valence-electron chi connectivity index (χ2n) is 5.49. The van der Waals surface area contributed by atoms with Crippen molar-refractivity contribution in [3.05, 3.63) is 29.8 Å². The zero-order valence-electron chi connectivity index (χ0n) is 12.7. The Morgan fingerprint density at radius 2 is 1.76 bits per heavy atom. The van der Waals surface area contributed by atoms with Gasteiger partial charge in [0.25, 0.3) is 5.91 Å². The van der Waals surface area contributed by atoms with Gasteiger partial charge in [0.2, 0.25) is 5.91 Å². The Morgan fingerprint density at radius 3 is 2.19 bits per heavy atom. The highest BCUT2D eigenvalue weighted by Gasteiger charge is 2.48. The van der Waals surface area contributed by atoms with Gasteiger partial charge in [-0.2, -0.15) is 0 Å². The predicted octanol–water partition coefficient (Wildman–Crippen LogP) is 1.85. The minimum Gasteiger partial charge on any atom is -0.339 e. The quantitative estimate of drug-likeness (QED) is 0.839. The molecule has 1 aromatic rings. The Kier molecular flexibility index (Phi) is 4.63. The maximum Gasteiger partial charge on any atom is 0.253 e. The summed E-state index contributed by atoms with van der Waals surface area (Å²) in [6.07, 6.45) is 1.71. The molecule has 1 fully saturated rings. The monoisotopic (exact) mass is 289 g/mol. The van der Waals surface area contributed by atoms with Crippen molar-refractivity contribution in [3.8, 4) is 0 Å². The molecule has 0 saturated heterocycles. The lowest BCUT2D eigenvalue weighted by molar-refractivity contribution is -0.120. The molecule has 0 heterocycles. The summed E-state index contributed by atoms with van der Waals surface area (Å²) < 4.78 is 0. The molecule has 0 aliphatic heterocycles. The lowest BCUT2D eigenvalue weighted by Crippen LogP contribution is -2.31. The number of hydrogen-bond donors (Lipinski definition) is 2. The summed E-state index contributed by atoms with van der Waals surface area (Å²) in [6.45, 7) is 5.67. The normalized spacial score (nSPS) is 15.4. The van der Waals surface area contributed by atoms with E-state index in [2.05, 4.69) is 5.32 Å². The average Bonchev–Trinajstić information content (AvgIpc) is 3.30. The van der Waals surface area contributed by atoms with Crippen LogP contribution in [-0.4, -0.2) is 36.3 Å². The molecule has 2 amide bonds. The molecule has 1 aliphatic carbocycles. The summed E-state index contributed by atoms with van der Waals surface area (Å²) in [5, 5.41) is 2.88. The van der Waals surface area contributed by atoms with Gasteiger partial charge in [-0.15, -0.1) is 0 Å². The Balaban J connectivity index is 2.02. The Bertz CT molecular complexity index is 517. The zero-order valence-corrected chi connectivity index (χ0v) is 12.7. The van der Waals surface area contributed by atoms with Crippen LogP contribution in [0, 0.1) is 5.41 Å². The largest absolute Gasteiger partial charge is 0.339 e. The fraction of sp³-hybridized carbons (Fsp3) is 0.500. The first-order valence-electron chi connectivity index (χ1n) is 7.47. The van der Waals surface area contributed by atoms with Gasteiger partial charge < -0.3 is 16.0 Å². The Labute approximate surface area is 125 Å². The smallest absolute Gasteiger partial charge is 0.253 e. The van der Waals surface area contributed by atoms with Crippen LogP contribution < -0.4 is 11.1 Å². The molecule has 1 saturated carbocycles. The van der Waals surface area contributed by atoms with Crippen LogP contribution in [-0.2, 0) is 4.79 Å². The third kappa shape index (κ3) is 3.24. The SMILES string of the molecule is CCN(CC)C(=O)c1ccc(NC(=O)C2(CN)CC2)cc1. The van der Waals surface area contributed by atoms with Crippen molar-refractivity contribution < 1.29 is 9.59 Å². The predicted molar refractivity (Wildman–Crippen MR) is 83.0 cm³/mol. The summed E-state index contributed by atoms with van der Waals surface area (Å²) in [7, 11) is 0. The summed E-state index contributed by atoms with van der Waals surface area (Å²) in [4.78, 5) is 26.0. The number of nitrogens with zero attached hydrogens (tertiary/aromatic N) is 1. The van der Waals surface area contributed by atoms with Gasteiger partial charge in [-0.3, -0.25) is 9.59 Å². The molecule has 0 spiro atoms. The molecule has 21 heavy (non-hydrogen) atoms. The lowest BCUT2D eigenvalue weighted by Gasteiger charge is -2.19. The Morgan fingerprint density at radius 1 is 1.19 bits per heavy atom. The number of carbonyl (C=O) groups is 2. The van der Waals surface area contributed by atoms with Crippen LogP contribution in [0.15, 0.2) is 24.3 Å². The fourth-order valence-corrected chi connectivity index (χ4v) is 2.33. The molecule has 5 nitrogen and oxygen atoms in total. The van der Waals surface area contributed by atoms with E-state index >= 15 is 0 Å². The number of anilines is 1. The van der Waals surface area contributed by atoms with Crippen molar-refractivity contribution >= 4 is 17.5 Å². The van der Waals surface area contributed by atoms with Gasteiger partial charge in [-0.25, -0.2) is 0 Å².